The molecule has 0 spiro atoms. The maximum absolute atomic E-state index is 13.3. The number of nitrogens with zero attached hydrogens (tertiary/aromatic N) is 3. The molecule has 7 heteroatoms. The van der Waals surface area contributed by atoms with Crippen molar-refractivity contribution in [3.63, 3.8) is 0 Å². The van der Waals surface area contributed by atoms with E-state index in [-0.39, 0.29) is 17.4 Å². The third-order valence-electron chi connectivity index (χ3n) is 4.23. The van der Waals surface area contributed by atoms with Gasteiger partial charge in [-0.1, -0.05) is 0 Å². The van der Waals surface area contributed by atoms with Gasteiger partial charge in [0.05, 0.1) is 12.8 Å². The average Bonchev–Trinajstić information content (AvgIpc) is 3.21. The predicted molar refractivity (Wildman–Crippen MR) is 108 cm³/mol. The summed E-state index contributed by atoms with van der Waals surface area (Å²) in [4.78, 5) is 19.5. The van der Waals surface area contributed by atoms with Gasteiger partial charge in [-0.15, -0.1) is 0 Å². The third kappa shape index (κ3) is 4.61. The molecule has 0 aliphatic rings. The largest absolute Gasteiger partial charge is 0.758 e. The molecule has 0 bridgehead atoms. The number of carbonyl (C=O) groups excluding carboxylic acids is 1. The normalized spacial score (nSPS) is 12.6. The fourth-order valence-corrected chi connectivity index (χ4v) is 2.99. The molecule has 0 aliphatic carbocycles. The molecule has 2 aromatic heterocycles. The molecule has 3 aromatic rings. The van der Waals surface area contributed by atoms with E-state index in [0.717, 1.165) is 5.69 Å². The van der Waals surface area contributed by atoms with Crippen molar-refractivity contribution in [1.29, 1.82) is 0 Å². The lowest BCUT2D eigenvalue weighted by atomic mass is 10.0. The number of furan rings is 1. The molecule has 3 rings (SSSR count). The Hall–Kier alpha value is -3.06. The van der Waals surface area contributed by atoms with Gasteiger partial charge in [0.2, 0.25) is 11.8 Å². The highest BCUT2D eigenvalue weighted by Gasteiger charge is 2.28. The van der Waals surface area contributed by atoms with E-state index in [4.69, 9.17) is 17.0 Å². The Morgan fingerprint density at radius 2 is 1.86 bits per heavy atom. The van der Waals surface area contributed by atoms with Crippen molar-refractivity contribution >= 4 is 29.1 Å². The van der Waals surface area contributed by atoms with Crippen LogP contribution in [0.25, 0.3) is 0 Å². The van der Waals surface area contributed by atoms with Crippen LogP contribution in [0.4, 0.5) is 10.1 Å². The van der Waals surface area contributed by atoms with Crippen LogP contribution < -0.4 is 9.47 Å². The highest BCUT2D eigenvalue weighted by Crippen LogP contribution is 2.15. The number of ketones is 1. The molecule has 0 unspecified atom stereocenters. The smallest absolute Gasteiger partial charge is 0.237 e. The van der Waals surface area contributed by atoms with Gasteiger partial charge in [0.25, 0.3) is 0 Å². The van der Waals surface area contributed by atoms with Crippen LogP contribution in [-0.2, 0) is 19.2 Å². The fraction of sp³-hybridized carbons (Fsp3) is 0.190. The number of hydrogen-bond donors (Lipinski definition) is 0. The number of Topliss-reactive ketones (excluding diaryl/α,β-unsaturated/α-hetero) is 1. The summed E-state index contributed by atoms with van der Waals surface area (Å²) in [7, 11) is 3.87. The summed E-state index contributed by atoms with van der Waals surface area (Å²) in [5.41, 5.74) is 1.36. The van der Waals surface area contributed by atoms with Gasteiger partial charge in [-0.05, 0) is 41.4 Å². The Bertz CT molecular complexity index is 952. The molecular weight excluding hydrogens is 377 g/mol. The van der Waals surface area contributed by atoms with Crippen LogP contribution in [0.1, 0.15) is 22.2 Å². The van der Waals surface area contributed by atoms with Crippen LogP contribution in [0.5, 0.6) is 0 Å². The van der Waals surface area contributed by atoms with Gasteiger partial charge >= 0.3 is 0 Å². The summed E-state index contributed by atoms with van der Waals surface area (Å²) >= 11 is 5.48. The third-order valence-corrected chi connectivity index (χ3v) is 4.58. The first-order chi connectivity index (χ1) is 13.5. The number of hydrogen-bond acceptors (Lipinski definition) is 5. The summed E-state index contributed by atoms with van der Waals surface area (Å²) < 4.78 is 20.2. The van der Waals surface area contributed by atoms with Gasteiger partial charge in [0.1, 0.15) is 11.6 Å². The zero-order valence-electron chi connectivity index (χ0n) is 15.6. The van der Waals surface area contributed by atoms with Crippen LogP contribution in [-0.4, -0.2) is 24.9 Å². The number of benzene rings is 1. The number of pyridine rings is 1. The molecule has 0 N–H and O–H groups in total. The van der Waals surface area contributed by atoms with Crippen molar-refractivity contribution in [3.05, 3.63) is 84.3 Å². The van der Waals surface area contributed by atoms with Crippen LogP contribution >= 0.6 is 0 Å². The zero-order chi connectivity index (χ0) is 20.1. The van der Waals surface area contributed by atoms with Crippen molar-refractivity contribution in [3.8, 4) is 0 Å². The van der Waals surface area contributed by atoms with E-state index in [9.17, 15) is 9.18 Å². The van der Waals surface area contributed by atoms with Crippen molar-refractivity contribution in [1.82, 2.24) is 0 Å². The van der Waals surface area contributed by atoms with E-state index < -0.39 is 11.9 Å². The first kappa shape index (κ1) is 19.7. The predicted octanol–water partition coefficient (Wildman–Crippen LogP) is 3.34. The minimum absolute atomic E-state index is 0.230. The van der Waals surface area contributed by atoms with Crippen molar-refractivity contribution in [2.45, 2.75) is 12.6 Å². The molecule has 0 amide bonds. The topological polar surface area (TPSA) is 49.7 Å². The summed E-state index contributed by atoms with van der Waals surface area (Å²) in [5, 5.41) is 0.230. The lowest BCUT2D eigenvalue weighted by Gasteiger charge is -2.19. The molecule has 0 saturated carbocycles. The van der Waals surface area contributed by atoms with Gasteiger partial charge in [-0.25, -0.2) is 4.39 Å². The standard InChI is InChI=1S/C21H20FN3O2S/c1-24(2)17-9-11-25(12-10-17)19(20(26)15-5-7-16(22)8-6-15)21(28)23-14-18-4-3-13-27-18/h3-13,19H,14H2,1-2H3/t19-/m0/s1. The Labute approximate surface area is 168 Å². The van der Waals surface area contributed by atoms with Gasteiger partial charge in [0.15, 0.2) is 12.4 Å². The molecule has 0 saturated heterocycles. The van der Waals surface area contributed by atoms with Gasteiger partial charge in [0, 0.05) is 37.5 Å². The van der Waals surface area contributed by atoms with E-state index >= 15 is 0 Å². The Balaban J connectivity index is 1.95. The monoisotopic (exact) mass is 397 g/mol. The van der Waals surface area contributed by atoms with Crippen molar-refractivity contribution in [2.75, 3.05) is 19.0 Å². The molecule has 1 atom stereocenters. The summed E-state index contributed by atoms with van der Waals surface area (Å²) in [5.74, 6) is 0.000238. The van der Waals surface area contributed by atoms with E-state index in [1.54, 1.807) is 35.4 Å². The summed E-state index contributed by atoms with van der Waals surface area (Å²) in [6.07, 6.45) is 5.13. The number of rotatable bonds is 7. The molecular formula is C21H20FN3O2S. The lowest BCUT2D eigenvalue weighted by molar-refractivity contribution is -0.691. The Morgan fingerprint density at radius 3 is 2.43 bits per heavy atom. The van der Waals surface area contributed by atoms with E-state index in [1.165, 1.54) is 24.3 Å². The molecule has 0 radical (unpaired) electrons. The average molecular weight is 397 g/mol. The second-order valence-electron chi connectivity index (χ2n) is 6.41. The highest BCUT2D eigenvalue weighted by atomic mass is 32.1. The first-order valence-corrected chi connectivity index (χ1v) is 9.08. The van der Waals surface area contributed by atoms with Gasteiger partial charge in [-0.3, -0.25) is 4.79 Å². The van der Waals surface area contributed by atoms with E-state index in [2.05, 4.69) is 4.99 Å². The highest BCUT2D eigenvalue weighted by molar-refractivity contribution is 7.77. The minimum Gasteiger partial charge on any atom is -0.758 e. The second-order valence-corrected chi connectivity index (χ2v) is 6.82. The zero-order valence-corrected chi connectivity index (χ0v) is 16.4. The Morgan fingerprint density at radius 1 is 1.18 bits per heavy atom. The molecule has 5 nitrogen and oxygen atoms in total. The van der Waals surface area contributed by atoms with Gasteiger partial charge in [-0.2, -0.15) is 4.57 Å². The van der Waals surface area contributed by atoms with E-state index in [0.29, 0.717) is 11.3 Å². The van der Waals surface area contributed by atoms with Crippen molar-refractivity contribution < 1.29 is 18.2 Å². The van der Waals surface area contributed by atoms with Crippen molar-refractivity contribution in [2.24, 2.45) is 4.99 Å². The first-order valence-electron chi connectivity index (χ1n) is 8.67. The molecule has 0 aliphatic heterocycles. The molecule has 0 fully saturated rings. The number of halogens is 1. The summed E-state index contributed by atoms with van der Waals surface area (Å²) in [6, 6.07) is 11.9. The van der Waals surface area contributed by atoms with Crippen LogP contribution in [0.3, 0.4) is 0 Å². The molecule has 144 valence electrons. The second kappa shape index (κ2) is 8.75. The molecule has 28 heavy (non-hydrogen) atoms. The Kier molecular flexibility index (Phi) is 6.16. The quantitative estimate of drug-likeness (QED) is 0.202. The fourth-order valence-electron chi connectivity index (χ4n) is 2.69. The van der Waals surface area contributed by atoms with Crippen LogP contribution in [0.15, 0.2) is 76.6 Å². The van der Waals surface area contributed by atoms with Gasteiger partial charge < -0.3 is 26.9 Å². The maximum atomic E-state index is 13.3. The number of aliphatic imine (C=N–C) groups is 1. The number of anilines is 1. The van der Waals surface area contributed by atoms with Crippen LogP contribution in [0, 0.1) is 5.82 Å². The maximum Gasteiger partial charge on any atom is 0.237 e. The van der Waals surface area contributed by atoms with E-state index in [1.807, 2.05) is 31.1 Å². The van der Waals surface area contributed by atoms with Crippen LogP contribution in [0.2, 0.25) is 0 Å². The summed E-state index contributed by atoms with van der Waals surface area (Å²) in [6.45, 7) is 0.245. The minimum atomic E-state index is -0.813. The molecule has 2 heterocycles. The lowest BCUT2D eigenvalue weighted by Crippen LogP contribution is -2.47. The number of aromatic nitrogens is 1. The SMILES string of the molecule is CN(C)c1cc[n+]([C@@H](C(=O)c2ccc(F)cc2)C([S-])=NCc2ccco2)cc1. The number of carbonyl (C=O) groups is 1. The molecule has 1 aromatic carbocycles.